The van der Waals surface area contributed by atoms with Gasteiger partial charge in [-0.15, -0.1) is 11.3 Å². The summed E-state index contributed by atoms with van der Waals surface area (Å²) in [4.78, 5) is 38.7. The van der Waals surface area contributed by atoms with Crippen LogP contribution in [0.1, 0.15) is 17.4 Å². The quantitative estimate of drug-likeness (QED) is 0.671. The Kier molecular flexibility index (Phi) is 4.51. The summed E-state index contributed by atoms with van der Waals surface area (Å²) in [5.74, 6) is -1.35. The Labute approximate surface area is 147 Å². The summed E-state index contributed by atoms with van der Waals surface area (Å²) >= 11 is 7.12. The van der Waals surface area contributed by atoms with Gasteiger partial charge < -0.3 is 0 Å². The van der Waals surface area contributed by atoms with Crippen molar-refractivity contribution in [2.75, 3.05) is 4.90 Å². The van der Waals surface area contributed by atoms with Crippen molar-refractivity contribution in [2.24, 2.45) is 0 Å². The first-order chi connectivity index (χ1) is 11.5. The molecule has 1 saturated heterocycles. The molecule has 4 amide bonds. The molecule has 0 bridgehead atoms. The van der Waals surface area contributed by atoms with Crippen LogP contribution in [0.15, 0.2) is 42.0 Å². The second-order valence-electron chi connectivity index (χ2n) is 5.08. The van der Waals surface area contributed by atoms with E-state index in [0.717, 1.165) is 10.5 Å². The predicted octanol–water partition coefficient (Wildman–Crippen LogP) is 3.63. The largest absolute Gasteiger partial charge is 0.335 e. The van der Waals surface area contributed by atoms with Gasteiger partial charge in [-0.2, -0.15) is 0 Å². The van der Waals surface area contributed by atoms with Crippen molar-refractivity contribution >= 4 is 52.5 Å². The van der Waals surface area contributed by atoms with Gasteiger partial charge in [-0.3, -0.25) is 14.9 Å². The van der Waals surface area contributed by atoms with Gasteiger partial charge >= 0.3 is 6.03 Å². The number of carbonyl (C=O) groups is 3. The average Bonchev–Trinajstić information content (AvgIpc) is 2.97. The van der Waals surface area contributed by atoms with Gasteiger partial charge in [0.25, 0.3) is 11.8 Å². The molecule has 2 aromatic rings. The molecule has 1 fully saturated rings. The Bertz CT molecular complexity index is 872. The summed E-state index contributed by atoms with van der Waals surface area (Å²) in [6, 6.07) is 9.76. The second kappa shape index (κ2) is 6.59. The third-order valence-corrected chi connectivity index (χ3v) is 4.77. The number of nitrogens with zero attached hydrogens (tertiary/aromatic N) is 1. The maximum absolute atomic E-state index is 12.8. The number of halogens is 1. The van der Waals surface area contributed by atoms with Crippen LogP contribution in [0.5, 0.6) is 0 Å². The number of hydrogen-bond acceptors (Lipinski definition) is 4. The van der Waals surface area contributed by atoms with E-state index in [2.05, 4.69) is 5.32 Å². The summed E-state index contributed by atoms with van der Waals surface area (Å²) in [5.41, 5.74) is 1.22. The van der Waals surface area contributed by atoms with Crippen molar-refractivity contribution in [1.29, 1.82) is 0 Å². The molecule has 122 valence electrons. The van der Waals surface area contributed by atoms with Crippen LogP contribution in [0.2, 0.25) is 4.34 Å². The highest BCUT2D eigenvalue weighted by Crippen LogP contribution is 2.28. The van der Waals surface area contributed by atoms with Crippen LogP contribution in [0, 0.1) is 0 Å². The van der Waals surface area contributed by atoms with E-state index >= 15 is 0 Å². The summed E-state index contributed by atoms with van der Waals surface area (Å²) in [6.07, 6.45) is 2.10. The van der Waals surface area contributed by atoms with E-state index in [0.29, 0.717) is 21.3 Å². The van der Waals surface area contributed by atoms with Crippen LogP contribution in [0.3, 0.4) is 0 Å². The summed E-state index contributed by atoms with van der Waals surface area (Å²) in [5, 5.41) is 2.22. The maximum Gasteiger partial charge on any atom is 0.335 e. The number of thiophene rings is 1. The fraction of sp³-hybridized carbons (Fsp3) is 0.118. The monoisotopic (exact) mass is 360 g/mol. The number of rotatable bonds is 3. The smallest absolute Gasteiger partial charge is 0.273 e. The van der Waals surface area contributed by atoms with Gasteiger partial charge in [-0.25, -0.2) is 9.69 Å². The Hall–Kier alpha value is -2.44. The zero-order chi connectivity index (χ0) is 17.3. The Morgan fingerprint density at radius 1 is 1.17 bits per heavy atom. The van der Waals surface area contributed by atoms with Crippen LogP contribution in [-0.4, -0.2) is 17.8 Å². The number of hydrogen-bond donors (Lipinski definition) is 1. The summed E-state index contributed by atoms with van der Waals surface area (Å²) in [6.45, 7) is 1.93. The SMILES string of the molecule is CCc1ccccc1N1C(=O)NC(=O)/C(=C/c2ccc(Cl)s2)C1=O. The number of barbiturate groups is 1. The van der Waals surface area contributed by atoms with E-state index < -0.39 is 17.8 Å². The van der Waals surface area contributed by atoms with Crippen molar-refractivity contribution in [3.8, 4) is 0 Å². The van der Waals surface area contributed by atoms with Crippen LogP contribution in [-0.2, 0) is 16.0 Å². The normalized spacial score (nSPS) is 16.7. The molecule has 1 aromatic heterocycles. The fourth-order valence-corrected chi connectivity index (χ4v) is 3.46. The molecule has 0 aliphatic carbocycles. The number of anilines is 1. The molecule has 1 aromatic carbocycles. The van der Waals surface area contributed by atoms with E-state index in [-0.39, 0.29) is 5.57 Å². The highest BCUT2D eigenvalue weighted by Gasteiger charge is 2.37. The molecule has 0 saturated carbocycles. The van der Waals surface area contributed by atoms with Crippen LogP contribution < -0.4 is 10.2 Å². The van der Waals surface area contributed by atoms with E-state index in [1.165, 1.54) is 17.4 Å². The van der Waals surface area contributed by atoms with Gasteiger partial charge in [0.15, 0.2) is 0 Å². The van der Waals surface area contributed by atoms with E-state index in [1.807, 2.05) is 19.1 Å². The van der Waals surface area contributed by atoms with Crippen molar-refractivity contribution in [2.45, 2.75) is 13.3 Å². The fourth-order valence-electron chi connectivity index (χ4n) is 2.45. The highest BCUT2D eigenvalue weighted by atomic mass is 35.5. The number of imide groups is 2. The number of urea groups is 1. The Balaban J connectivity index is 2.05. The van der Waals surface area contributed by atoms with Gasteiger partial charge in [0.05, 0.1) is 10.0 Å². The molecule has 1 N–H and O–H groups in total. The summed E-state index contributed by atoms with van der Waals surface area (Å²) in [7, 11) is 0. The first kappa shape index (κ1) is 16.4. The number of para-hydroxylation sites is 1. The molecule has 0 atom stereocenters. The minimum absolute atomic E-state index is 0.0981. The molecule has 7 heteroatoms. The Morgan fingerprint density at radius 3 is 2.58 bits per heavy atom. The topological polar surface area (TPSA) is 66.5 Å². The van der Waals surface area contributed by atoms with Gasteiger partial charge in [-0.1, -0.05) is 36.7 Å². The number of benzene rings is 1. The first-order valence-electron chi connectivity index (χ1n) is 7.26. The molecule has 5 nitrogen and oxygen atoms in total. The third-order valence-electron chi connectivity index (χ3n) is 3.60. The standard InChI is InChI=1S/C17H13ClN2O3S/c1-2-10-5-3-4-6-13(10)20-16(22)12(15(21)19-17(20)23)9-11-7-8-14(18)24-11/h3-9H,2H2,1H3,(H,19,21,23)/b12-9-. The van der Waals surface area contributed by atoms with Crippen molar-refractivity contribution in [1.82, 2.24) is 5.32 Å². The van der Waals surface area contributed by atoms with Crippen molar-refractivity contribution in [3.63, 3.8) is 0 Å². The molecule has 0 radical (unpaired) electrons. The lowest BCUT2D eigenvalue weighted by molar-refractivity contribution is -0.122. The first-order valence-corrected chi connectivity index (χ1v) is 8.45. The van der Waals surface area contributed by atoms with Gasteiger partial charge in [0.1, 0.15) is 5.57 Å². The van der Waals surface area contributed by atoms with Gasteiger partial charge in [0, 0.05) is 4.88 Å². The number of aryl methyl sites for hydroxylation is 1. The van der Waals surface area contributed by atoms with E-state index in [1.54, 1.807) is 24.3 Å². The van der Waals surface area contributed by atoms with Crippen LogP contribution in [0.25, 0.3) is 6.08 Å². The van der Waals surface area contributed by atoms with Gasteiger partial charge in [0.2, 0.25) is 0 Å². The highest BCUT2D eigenvalue weighted by molar-refractivity contribution is 7.17. The molecule has 24 heavy (non-hydrogen) atoms. The number of amides is 4. The zero-order valence-corrected chi connectivity index (χ0v) is 14.3. The summed E-state index contributed by atoms with van der Waals surface area (Å²) < 4.78 is 0.551. The lowest BCUT2D eigenvalue weighted by atomic mass is 10.1. The maximum atomic E-state index is 12.8. The molecular formula is C17H13ClN2O3S. The minimum atomic E-state index is -0.743. The molecular weight excluding hydrogens is 348 g/mol. The zero-order valence-electron chi connectivity index (χ0n) is 12.7. The minimum Gasteiger partial charge on any atom is -0.273 e. The number of carbonyl (C=O) groups excluding carboxylic acids is 3. The molecule has 0 unspecified atom stereocenters. The third kappa shape index (κ3) is 2.98. The molecule has 0 spiro atoms. The lowest BCUT2D eigenvalue weighted by Gasteiger charge is -2.27. The average molecular weight is 361 g/mol. The van der Waals surface area contributed by atoms with Crippen LogP contribution >= 0.6 is 22.9 Å². The Morgan fingerprint density at radius 2 is 1.92 bits per heavy atom. The molecule has 1 aliphatic heterocycles. The van der Waals surface area contributed by atoms with Gasteiger partial charge in [-0.05, 0) is 36.3 Å². The predicted molar refractivity (Wildman–Crippen MR) is 94.2 cm³/mol. The van der Waals surface area contributed by atoms with Crippen molar-refractivity contribution < 1.29 is 14.4 Å². The van der Waals surface area contributed by atoms with E-state index in [4.69, 9.17) is 11.6 Å². The second-order valence-corrected chi connectivity index (χ2v) is 6.83. The molecule has 3 rings (SSSR count). The molecule has 2 heterocycles. The number of nitrogens with one attached hydrogen (secondary N) is 1. The van der Waals surface area contributed by atoms with Crippen LogP contribution in [0.4, 0.5) is 10.5 Å². The lowest BCUT2D eigenvalue weighted by Crippen LogP contribution is -2.54. The van der Waals surface area contributed by atoms with Crippen molar-refractivity contribution in [3.05, 3.63) is 56.7 Å². The molecule has 1 aliphatic rings. The van der Waals surface area contributed by atoms with E-state index in [9.17, 15) is 14.4 Å².